The first-order chi connectivity index (χ1) is 16.1. The minimum Gasteiger partial charge on any atom is -0.508 e. The summed E-state index contributed by atoms with van der Waals surface area (Å²) in [6.45, 7) is -0.840. The zero-order valence-electron chi connectivity index (χ0n) is 17.4. The van der Waals surface area contributed by atoms with E-state index in [9.17, 15) is 32.6 Å². The highest BCUT2D eigenvalue weighted by molar-refractivity contribution is 7.89. The van der Waals surface area contributed by atoms with Crippen LogP contribution in [0.2, 0.25) is 5.02 Å². The molecule has 4 rings (SSSR count). The molecule has 3 aromatic carbocycles. The molecule has 0 fully saturated rings. The Hall–Kier alpha value is -3.47. The molecule has 8 nitrogen and oxygen atoms in total. The van der Waals surface area contributed by atoms with E-state index in [0.29, 0.717) is 11.3 Å². The lowest BCUT2D eigenvalue weighted by Crippen LogP contribution is -2.50. The number of nitrogens with zero attached hydrogens (tertiary/aromatic N) is 2. The van der Waals surface area contributed by atoms with Crippen molar-refractivity contribution in [2.75, 3.05) is 11.4 Å². The maximum Gasteiger partial charge on any atom is 0.323 e. The van der Waals surface area contributed by atoms with E-state index in [0.717, 1.165) is 21.3 Å². The average molecular weight is 505 g/mol. The standard InChI is InChI=1S/C23H18ClFN2O6S/c24-19-11-15(25)5-10-18(19)22(29)26-13-21(23(30)31)27(12-14-3-1-2-4-20(14)26)34(32,33)17-8-6-16(28)7-9-17/h1-11,21,28H,12-13H2,(H,30,31). The van der Waals surface area contributed by atoms with E-state index in [4.69, 9.17) is 11.6 Å². The number of phenolic OH excluding ortho intramolecular Hbond substituents is 1. The van der Waals surface area contributed by atoms with Gasteiger partial charge in [-0.3, -0.25) is 9.59 Å². The maximum absolute atomic E-state index is 13.5. The summed E-state index contributed by atoms with van der Waals surface area (Å²) in [4.78, 5) is 26.6. The van der Waals surface area contributed by atoms with Crippen molar-refractivity contribution in [3.8, 4) is 5.75 Å². The Labute approximate surface area is 199 Å². The van der Waals surface area contributed by atoms with Crippen molar-refractivity contribution < 1.29 is 32.6 Å². The first kappa shape index (κ1) is 23.7. The van der Waals surface area contributed by atoms with Gasteiger partial charge in [0.2, 0.25) is 10.0 Å². The molecule has 3 aromatic rings. The second kappa shape index (κ2) is 9.05. The Balaban J connectivity index is 1.83. The van der Waals surface area contributed by atoms with Crippen molar-refractivity contribution in [1.29, 1.82) is 0 Å². The summed E-state index contributed by atoms with van der Waals surface area (Å²) in [6, 6.07) is 12.7. The van der Waals surface area contributed by atoms with E-state index >= 15 is 0 Å². The molecule has 0 radical (unpaired) electrons. The van der Waals surface area contributed by atoms with Gasteiger partial charge in [0, 0.05) is 12.2 Å². The summed E-state index contributed by atoms with van der Waals surface area (Å²) in [5.41, 5.74) is 0.639. The lowest BCUT2D eigenvalue weighted by Gasteiger charge is -2.28. The molecule has 34 heavy (non-hydrogen) atoms. The Morgan fingerprint density at radius 1 is 1.03 bits per heavy atom. The monoisotopic (exact) mass is 504 g/mol. The van der Waals surface area contributed by atoms with Crippen LogP contribution >= 0.6 is 11.6 Å². The van der Waals surface area contributed by atoms with Crippen molar-refractivity contribution in [1.82, 2.24) is 4.31 Å². The fourth-order valence-corrected chi connectivity index (χ4v) is 5.56. The smallest absolute Gasteiger partial charge is 0.323 e. The van der Waals surface area contributed by atoms with Gasteiger partial charge in [-0.1, -0.05) is 29.8 Å². The molecule has 0 saturated heterocycles. The van der Waals surface area contributed by atoms with Crippen LogP contribution in [0.3, 0.4) is 0 Å². The summed E-state index contributed by atoms with van der Waals surface area (Å²) in [7, 11) is -4.34. The van der Waals surface area contributed by atoms with Crippen LogP contribution in [0.25, 0.3) is 0 Å². The molecule has 1 aliphatic heterocycles. The number of aliphatic carboxylic acids is 1. The first-order valence-electron chi connectivity index (χ1n) is 9.98. The van der Waals surface area contributed by atoms with E-state index < -0.39 is 40.3 Å². The number of hydrogen-bond donors (Lipinski definition) is 2. The Morgan fingerprint density at radius 3 is 2.35 bits per heavy atom. The number of anilines is 1. The highest BCUT2D eigenvalue weighted by Crippen LogP contribution is 2.33. The number of benzene rings is 3. The van der Waals surface area contributed by atoms with Gasteiger partial charge in [0.05, 0.1) is 22.0 Å². The molecule has 0 aromatic heterocycles. The van der Waals surface area contributed by atoms with Crippen molar-refractivity contribution >= 4 is 39.2 Å². The third-order valence-electron chi connectivity index (χ3n) is 5.45. The highest BCUT2D eigenvalue weighted by atomic mass is 35.5. The number of carbonyl (C=O) groups excluding carboxylic acids is 1. The van der Waals surface area contributed by atoms with Gasteiger partial charge in [-0.05, 0) is 54.1 Å². The second-order valence-corrected chi connectivity index (χ2v) is 9.86. The Morgan fingerprint density at radius 2 is 1.71 bits per heavy atom. The number of aromatic hydroxyl groups is 1. The number of amides is 1. The molecule has 11 heteroatoms. The molecule has 1 amide bonds. The number of carbonyl (C=O) groups is 2. The predicted octanol–water partition coefficient (Wildman–Crippen LogP) is 3.49. The number of carboxylic acid groups (broad SMARTS) is 1. The summed E-state index contributed by atoms with van der Waals surface area (Å²) in [5.74, 6) is -2.96. The van der Waals surface area contributed by atoms with E-state index in [1.54, 1.807) is 24.3 Å². The molecule has 1 unspecified atom stereocenters. The van der Waals surface area contributed by atoms with Crippen LogP contribution in [0, 0.1) is 5.82 Å². The first-order valence-corrected chi connectivity index (χ1v) is 11.8. The van der Waals surface area contributed by atoms with Gasteiger partial charge in [-0.2, -0.15) is 4.31 Å². The predicted molar refractivity (Wildman–Crippen MR) is 122 cm³/mol. The SMILES string of the molecule is O=C(O)C1CN(C(=O)c2ccc(F)cc2Cl)c2ccccc2CN1S(=O)(=O)c1ccc(O)cc1. The zero-order chi connectivity index (χ0) is 24.6. The van der Waals surface area contributed by atoms with Gasteiger partial charge < -0.3 is 15.1 Å². The van der Waals surface area contributed by atoms with E-state index in [2.05, 4.69) is 0 Å². The highest BCUT2D eigenvalue weighted by Gasteiger charge is 2.41. The molecular formula is C23H18ClFN2O6S. The van der Waals surface area contributed by atoms with Crippen molar-refractivity contribution in [2.24, 2.45) is 0 Å². The summed E-state index contributed by atoms with van der Waals surface area (Å²) in [6.07, 6.45) is 0. The summed E-state index contributed by atoms with van der Waals surface area (Å²) >= 11 is 6.07. The molecule has 1 aliphatic rings. The second-order valence-electron chi connectivity index (χ2n) is 7.57. The Kier molecular flexibility index (Phi) is 6.30. The topological polar surface area (TPSA) is 115 Å². The third kappa shape index (κ3) is 4.35. The summed E-state index contributed by atoms with van der Waals surface area (Å²) < 4.78 is 41.2. The van der Waals surface area contributed by atoms with Gasteiger partial charge in [0.25, 0.3) is 5.91 Å². The van der Waals surface area contributed by atoms with Crippen molar-refractivity contribution in [2.45, 2.75) is 17.5 Å². The van der Waals surface area contributed by atoms with Crippen LogP contribution in [0.4, 0.5) is 10.1 Å². The molecule has 0 bridgehead atoms. The fraction of sp³-hybridized carbons (Fsp3) is 0.130. The molecule has 1 atom stereocenters. The molecule has 0 spiro atoms. The van der Waals surface area contributed by atoms with E-state index in [1.165, 1.54) is 30.3 Å². The maximum atomic E-state index is 13.5. The number of fused-ring (bicyclic) bond motifs is 1. The molecular weight excluding hydrogens is 487 g/mol. The number of sulfonamides is 1. The molecule has 1 heterocycles. The van der Waals surface area contributed by atoms with Crippen LogP contribution in [0.5, 0.6) is 5.75 Å². The summed E-state index contributed by atoms with van der Waals surface area (Å²) in [5, 5.41) is 19.3. The van der Waals surface area contributed by atoms with Crippen LogP contribution in [-0.4, -0.2) is 47.4 Å². The van der Waals surface area contributed by atoms with Crippen LogP contribution in [0.1, 0.15) is 15.9 Å². The zero-order valence-corrected chi connectivity index (χ0v) is 19.0. The number of rotatable bonds is 4. The lowest BCUT2D eigenvalue weighted by molar-refractivity contribution is -0.141. The number of hydrogen-bond acceptors (Lipinski definition) is 5. The minimum atomic E-state index is -4.34. The number of carboxylic acids is 1. The van der Waals surface area contributed by atoms with E-state index in [-0.39, 0.29) is 27.8 Å². The molecule has 0 aliphatic carbocycles. The van der Waals surface area contributed by atoms with E-state index in [1.807, 2.05) is 0 Å². The molecule has 2 N–H and O–H groups in total. The lowest BCUT2D eigenvalue weighted by atomic mass is 10.1. The fourth-order valence-electron chi connectivity index (χ4n) is 3.76. The number of para-hydroxylation sites is 1. The largest absolute Gasteiger partial charge is 0.508 e. The van der Waals surface area contributed by atoms with Crippen LogP contribution < -0.4 is 4.90 Å². The quantitative estimate of drug-likeness (QED) is 0.562. The van der Waals surface area contributed by atoms with Crippen molar-refractivity contribution in [3.63, 3.8) is 0 Å². The Bertz CT molecular complexity index is 1380. The van der Waals surface area contributed by atoms with Crippen LogP contribution in [0.15, 0.2) is 71.6 Å². The van der Waals surface area contributed by atoms with Gasteiger partial charge in [-0.15, -0.1) is 0 Å². The van der Waals surface area contributed by atoms with Gasteiger partial charge in [-0.25, -0.2) is 12.8 Å². The minimum absolute atomic E-state index is 0.0585. The number of phenols is 1. The van der Waals surface area contributed by atoms with Crippen LogP contribution in [-0.2, 0) is 21.4 Å². The average Bonchev–Trinajstić information content (AvgIpc) is 2.97. The van der Waals surface area contributed by atoms with Gasteiger partial charge in [0.1, 0.15) is 17.6 Å². The normalized spacial score (nSPS) is 16.5. The molecule has 0 saturated carbocycles. The van der Waals surface area contributed by atoms with Crippen molar-refractivity contribution in [3.05, 3.63) is 88.7 Å². The van der Waals surface area contributed by atoms with Gasteiger partial charge in [0.15, 0.2) is 0 Å². The molecule has 176 valence electrons. The van der Waals surface area contributed by atoms with Gasteiger partial charge >= 0.3 is 5.97 Å². The third-order valence-corrected chi connectivity index (χ3v) is 7.63. The number of halogens is 2.